The minimum Gasteiger partial charge on any atom is -0.331 e. The van der Waals surface area contributed by atoms with Crippen LogP contribution in [0.3, 0.4) is 0 Å². The summed E-state index contributed by atoms with van der Waals surface area (Å²) in [6.07, 6.45) is 2.16. The first-order valence-corrected chi connectivity index (χ1v) is 8.70. The molecule has 2 heterocycles. The van der Waals surface area contributed by atoms with E-state index in [1.807, 2.05) is 50.1 Å². The summed E-state index contributed by atoms with van der Waals surface area (Å²) in [4.78, 5) is 20.0. The van der Waals surface area contributed by atoms with Crippen molar-refractivity contribution in [2.75, 3.05) is 0 Å². The molecule has 4 rings (SSSR count). The third kappa shape index (κ3) is 2.90. The van der Waals surface area contributed by atoms with Gasteiger partial charge in [-0.3, -0.25) is 9.48 Å². The number of carbonyl (C=O) groups excluding carboxylic acids is 1. The third-order valence-electron chi connectivity index (χ3n) is 4.77. The molecular formula is C20H22N4O. The highest BCUT2D eigenvalue weighted by molar-refractivity contribution is 6.06. The normalized spacial score (nSPS) is 14.0. The molecule has 128 valence electrons. The van der Waals surface area contributed by atoms with Gasteiger partial charge in [-0.15, -0.1) is 0 Å². The van der Waals surface area contributed by atoms with Gasteiger partial charge in [0.25, 0.3) is 5.91 Å². The van der Waals surface area contributed by atoms with Crippen molar-refractivity contribution < 1.29 is 4.79 Å². The van der Waals surface area contributed by atoms with Crippen molar-refractivity contribution in [3.05, 3.63) is 58.9 Å². The van der Waals surface area contributed by atoms with Gasteiger partial charge in [0.05, 0.1) is 16.6 Å². The molecule has 0 spiro atoms. The molecule has 0 aliphatic heterocycles. The second-order valence-electron chi connectivity index (χ2n) is 6.87. The Kier molecular flexibility index (Phi) is 3.79. The van der Waals surface area contributed by atoms with Gasteiger partial charge in [0.2, 0.25) is 0 Å². The number of aromatic nitrogens is 3. The fraction of sp³-hybridized carbons (Fsp3) is 0.350. The second kappa shape index (κ2) is 5.99. The summed E-state index contributed by atoms with van der Waals surface area (Å²) in [5.41, 5.74) is 4.35. The third-order valence-corrected chi connectivity index (χ3v) is 4.77. The number of aryl methyl sites for hydroxylation is 3. The SMILES string of the molecule is Cc1cc(C(=O)N(Cc2ccccc2)C2CC2)c2c(C)nn(C)c2n1. The van der Waals surface area contributed by atoms with Crippen LogP contribution in [0.2, 0.25) is 0 Å². The fourth-order valence-corrected chi connectivity index (χ4v) is 3.43. The molecule has 0 unspecified atom stereocenters. The number of hydrogen-bond donors (Lipinski definition) is 0. The Labute approximate surface area is 147 Å². The van der Waals surface area contributed by atoms with Crippen molar-refractivity contribution in [1.82, 2.24) is 19.7 Å². The van der Waals surface area contributed by atoms with Crippen LogP contribution in [-0.4, -0.2) is 31.6 Å². The van der Waals surface area contributed by atoms with Crippen LogP contribution in [0, 0.1) is 13.8 Å². The monoisotopic (exact) mass is 334 g/mol. The minimum absolute atomic E-state index is 0.0814. The molecule has 0 atom stereocenters. The number of amides is 1. The number of benzene rings is 1. The molecule has 0 bridgehead atoms. The smallest absolute Gasteiger partial charge is 0.255 e. The van der Waals surface area contributed by atoms with Crippen molar-refractivity contribution in [3.63, 3.8) is 0 Å². The Morgan fingerprint density at radius 3 is 2.64 bits per heavy atom. The number of rotatable bonds is 4. The van der Waals surface area contributed by atoms with E-state index in [4.69, 9.17) is 0 Å². The van der Waals surface area contributed by atoms with Gasteiger partial charge in [0.15, 0.2) is 5.65 Å². The van der Waals surface area contributed by atoms with E-state index in [1.165, 1.54) is 0 Å². The van der Waals surface area contributed by atoms with Gasteiger partial charge >= 0.3 is 0 Å². The van der Waals surface area contributed by atoms with Gasteiger partial charge in [0, 0.05) is 25.3 Å². The quantitative estimate of drug-likeness (QED) is 0.735. The van der Waals surface area contributed by atoms with Gasteiger partial charge in [-0.05, 0) is 38.3 Å². The lowest BCUT2D eigenvalue weighted by molar-refractivity contribution is 0.0731. The van der Waals surface area contributed by atoms with E-state index in [1.54, 1.807) is 4.68 Å². The summed E-state index contributed by atoms with van der Waals surface area (Å²) in [5, 5.41) is 5.33. The van der Waals surface area contributed by atoms with Crippen molar-refractivity contribution in [3.8, 4) is 0 Å². The average molecular weight is 334 g/mol. The summed E-state index contributed by atoms with van der Waals surface area (Å²) in [5.74, 6) is 0.0814. The molecular weight excluding hydrogens is 312 g/mol. The molecule has 0 saturated heterocycles. The molecule has 1 amide bonds. The lowest BCUT2D eigenvalue weighted by atomic mass is 10.1. The number of fused-ring (bicyclic) bond motifs is 1. The molecule has 3 aromatic rings. The van der Waals surface area contributed by atoms with Crippen molar-refractivity contribution in [2.45, 2.75) is 39.3 Å². The molecule has 1 fully saturated rings. The van der Waals surface area contributed by atoms with E-state index >= 15 is 0 Å². The molecule has 0 N–H and O–H groups in total. The van der Waals surface area contributed by atoms with E-state index in [2.05, 4.69) is 22.2 Å². The zero-order valence-electron chi connectivity index (χ0n) is 14.9. The first kappa shape index (κ1) is 15.8. The fourth-order valence-electron chi connectivity index (χ4n) is 3.43. The lowest BCUT2D eigenvalue weighted by Gasteiger charge is -2.23. The van der Waals surface area contributed by atoms with Crippen molar-refractivity contribution >= 4 is 16.9 Å². The zero-order chi connectivity index (χ0) is 17.6. The maximum absolute atomic E-state index is 13.4. The van der Waals surface area contributed by atoms with Crippen LogP contribution < -0.4 is 0 Å². The van der Waals surface area contributed by atoms with Crippen LogP contribution in [0.25, 0.3) is 11.0 Å². The zero-order valence-corrected chi connectivity index (χ0v) is 14.9. The van der Waals surface area contributed by atoms with Crippen LogP contribution in [-0.2, 0) is 13.6 Å². The van der Waals surface area contributed by atoms with E-state index in [0.717, 1.165) is 46.4 Å². The van der Waals surface area contributed by atoms with E-state index < -0.39 is 0 Å². The minimum atomic E-state index is 0.0814. The number of hydrogen-bond acceptors (Lipinski definition) is 3. The van der Waals surface area contributed by atoms with Crippen molar-refractivity contribution in [2.24, 2.45) is 7.05 Å². The maximum Gasteiger partial charge on any atom is 0.255 e. The molecule has 2 aromatic heterocycles. The highest BCUT2D eigenvalue weighted by Crippen LogP contribution is 2.32. The summed E-state index contributed by atoms with van der Waals surface area (Å²) in [7, 11) is 1.87. The van der Waals surface area contributed by atoms with Crippen LogP contribution in [0.4, 0.5) is 0 Å². The number of pyridine rings is 1. The van der Waals surface area contributed by atoms with Crippen molar-refractivity contribution in [1.29, 1.82) is 0 Å². The standard InChI is InChI=1S/C20H22N4O/c1-13-11-17(18-14(2)22-23(3)19(18)21-13)20(25)24(16-9-10-16)12-15-7-5-4-6-8-15/h4-8,11,16H,9-10,12H2,1-3H3. The summed E-state index contributed by atoms with van der Waals surface area (Å²) < 4.78 is 1.76. The summed E-state index contributed by atoms with van der Waals surface area (Å²) in [6.45, 7) is 4.51. The van der Waals surface area contributed by atoms with Gasteiger partial charge in [-0.2, -0.15) is 5.10 Å². The van der Waals surface area contributed by atoms with Gasteiger partial charge in [-0.25, -0.2) is 4.98 Å². The lowest BCUT2D eigenvalue weighted by Crippen LogP contribution is -2.33. The van der Waals surface area contributed by atoms with Gasteiger partial charge in [0.1, 0.15) is 0 Å². The predicted molar refractivity (Wildman–Crippen MR) is 97.3 cm³/mol. The van der Waals surface area contributed by atoms with Crippen LogP contribution >= 0.6 is 0 Å². The second-order valence-corrected chi connectivity index (χ2v) is 6.87. The Morgan fingerprint density at radius 1 is 1.24 bits per heavy atom. The number of nitrogens with zero attached hydrogens (tertiary/aromatic N) is 4. The Balaban J connectivity index is 1.77. The first-order valence-electron chi connectivity index (χ1n) is 8.70. The van der Waals surface area contributed by atoms with E-state index in [9.17, 15) is 4.79 Å². The highest BCUT2D eigenvalue weighted by atomic mass is 16.2. The summed E-state index contributed by atoms with van der Waals surface area (Å²) >= 11 is 0. The molecule has 1 aliphatic carbocycles. The molecule has 1 saturated carbocycles. The van der Waals surface area contributed by atoms with Crippen LogP contribution in [0.5, 0.6) is 0 Å². The molecule has 0 radical (unpaired) electrons. The molecule has 5 nitrogen and oxygen atoms in total. The van der Waals surface area contributed by atoms with Crippen LogP contribution in [0.15, 0.2) is 36.4 Å². The molecule has 25 heavy (non-hydrogen) atoms. The first-order chi connectivity index (χ1) is 12.0. The summed E-state index contributed by atoms with van der Waals surface area (Å²) in [6, 6.07) is 12.4. The highest BCUT2D eigenvalue weighted by Gasteiger charge is 2.34. The molecule has 1 aliphatic rings. The van der Waals surface area contributed by atoms with E-state index in [-0.39, 0.29) is 5.91 Å². The van der Waals surface area contributed by atoms with Crippen LogP contribution in [0.1, 0.15) is 40.2 Å². The Morgan fingerprint density at radius 2 is 1.96 bits per heavy atom. The van der Waals surface area contributed by atoms with Gasteiger partial charge in [-0.1, -0.05) is 30.3 Å². The predicted octanol–water partition coefficient (Wildman–Crippen LogP) is 3.39. The molecule has 5 heteroatoms. The van der Waals surface area contributed by atoms with E-state index in [0.29, 0.717) is 12.6 Å². The Bertz CT molecular complexity index is 941. The largest absolute Gasteiger partial charge is 0.331 e. The number of carbonyl (C=O) groups is 1. The molecule has 1 aromatic carbocycles. The van der Waals surface area contributed by atoms with Gasteiger partial charge < -0.3 is 4.90 Å². The topological polar surface area (TPSA) is 51.0 Å². The average Bonchev–Trinajstić information content (AvgIpc) is 3.39. The maximum atomic E-state index is 13.4. The Hall–Kier alpha value is -2.69.